The van der Waals surface area contributed by atoms with E-state index in [1.54, 1.807) is 24.3 Å². The minimum atomic E-state index is -1.17. The van der Waals surface area contributed by atoms with Crippen LogP contribution < -0.4 is 15.4 Å². The van der Waals surface area contributed by atoms with Crippen LogP contribution in [0.15, 0.2) is 24.3 Å². The number of amides is 3. The topological polar surface area (TPSA) is 113 Å². The van der Waals surface area contributed by atoms with Crippen molar-refractivity contribution < 1.29 is 24.2 Å². The molecule has 3 amide bonds. The molecule has 0 aliphatic carbocycles. The highest BCUT2D eigenvalue weighted by Gasteiger charge is 2.34. The third-order valence-corrected chi connectivity index (χ3v) is 3.00. The first-order valence-corrected chi connectivity index (χ1v) is 6.19. The van der Waals surface area contributed by atoms with Gasteiger partial charge in [-0.3, -0.25) is 9.69 Å². The average Bonchev–Trinajstić information content (AvgIpc) is 2.44. The van der Waals surface area contributed by atoms with Gasteiger partial charge in [0.2, 0.25) is 12.0 Å². The number of carboxylic acids is 1. The SMILES string of the molecule is CN(CC(N)=O)C(=O)N1CC(C(=O)O)Oc2ccccc21. The minimum Gasteiger partial charge on any atom is -0.478 e. The highest BCUT2D eigenvalue weighted by Crippen LogP contribution is 2.33. The van der Waals surface area contributed by atoms with Crippen molar-refractivity contribution in [1.29, 1.82) is 0 Å². The van der Waals surface area contributed by atoms with E-state index in [4.69, 9.17) is 15.6 Å². The van der Waals surface area contributed by atoms with Crippen molar-refractivity contribution in [2.24, 2.45) is 5.73 Å². The molecular formula is C13H15N3O5. The summed E-state index contributed by atoms with van der Waals surface area (Å²) in [6, 6.07) is 6.09. The number of benzene rings is 1. The quantitative estimate of drug-likeness (QED) is 0.806. The summed E-state index contributed by atoms with van der Waals surface area (Å²) in [6.07, 6.45) is -1.16. The van der Waals surface area contributed by atoms with Gasteiger partial charge < -0.3 is 20.5 Å². The second-order valence-corrected chi connectivity index (χ2v) is 4.63. The van der Waals surface area contributed by atoms with Gasteiger partial charge in [0.15, 0.2) is 0 Å². The van der Waals surface area contributed by atoms with Crippen molar-refractivity contribution in [2.45, 2.75) is 6.10 Å². The van der Waals surface area contributed by atoms with Gasteiger partial charge in [0.1, 0.15) is 12.3 Å². The predicted molar refractivity (Wildman–Crippen MR) is 73.1 cm³/mol. The van der Waals surface area contributed by atoms with E-state index < -0.39 is 24.0 Å². The number of likely N-dealkylation sites (N-methyl/N-ethyl adjacent to an activating group) is 1. The molecular weight excluding hydrogens is 278 g/mol. The fourth-order valence-electron chi connectivity index (χ4n) is 2.05. The Kier molecular flexibility index (Phi) is 3.97. The van der Waals surface area contributed by atoms with E-state index in [0.29, 0.717) is 11.4 Å². The van der Waals surface area contributed by atoms with Crippen molar-refractivity contribution in [1.82, 2.24) is 4.90 Å². The zero-order valence-electron chi connectivity index (χ0n) is 11.4. The molecule has 0 aromatic heterocycles. The number of hydrogen-bond donors (Lipinski definition) is 2. The molecule has 112 valence electrons. The van der Waals surface area contributed by atoms with Crippen LogP contribution in [-0.2, 0) is 9.59 Å². The number of ether oxygens (including phenoxy) is 1. The minimum absolute atomic E-state index is 0.145. The first-order chi connectivity index (χ1) is 9.90. The number of anilines is 1. The van der Waals surface area contributed by atoms with Crippen LogP contribution in [0.5, 0.6) is 5.75 Å². The van der Waals surface area contributed by atoms with Crippen molar-refractivity contribution in [3.63, 3.8) is 0 Å². The number of hydrogen-bond acceptors (Lipinski definition) is 4. The maximum absolute atomic E-state index is 12.4. The van der Waals surface area contributed by atoms with Gasteiger partial charge in [-0.05, 0) is 12.1 Å². The van der Waals surface area contributed by atoms with E-state index in [1.807, 2.05) is 0 Å². The second-order valence-electron chi connectivity index (χ2n) is 4.63. The van der Waals surface area contributed by atoms with Crippen LogP contribution in [0.4, 0.5) is 10.5 Å². The van der Waals surface area contributed by atoms with E-state index in [9.17, 15) is 14.4 Å². The molecule has 3 N–H and O–H groups in total. The van der Waals surface area contributed by atoms with Gasteiger partial charge in [0.05, 0.1) is 12.2 Å². The van der Waals surface area contributed by atoms with E-state index in [0.717, 1.165) is 4.90 Å². The van der Waals surface area contributed by atoms with E-state index >= 15 is 0 Å². The Labute approximate surface area is 120 Å². The normalized spacial score (nSPS) is 16.6. The van der Waals surface area contributed by atoms with Crippen molar-refractivity contribution in [2.75, 3.05) is 25.0 Å². The summed E-state index contributed by atoms with van der Waals surface area (Å²) in [7, 11) is 1.42. The average molecular weight is 293 g/mol. The van der Waals surface area contributed by atoms with Crippen LogP contribution >= 0.6 is 0 Å². The molecule has 0 bridgehead atoms. The first-order valence-electron chi connectivity index (χ1n) is 6.19. The van der Waals surface area contributed by atoms with Gasteiger partial charge in [-0.1, -0.05) is 12.1 Å². The molecule has 0 saturated carbocycles. The molecule has 1 atom stereocenters. The molecule has 8 heteroatoms. The molecule has 2 rings (SSSR count). The highest BCUT2D eigenvalue weighted by atomic mass is 16.5. The summed E-state index contributed by atoms with van der Waals surface area (Å²) < 4.78 is 5.33. The number of carboxylic acid groups (broad SMARTS) is 1. The first kappa shape index (κ1) is 14.6. The van der Waals surface area contributed by atoms with Gasteiger partial charge in [-0.2, -0.15) is 0 Å². The maximum atomic E-state index is 12.4. The van der Waals surface area contributed by atoms with E-state index in [1.165, 1.54) is 11.9 Å². The molecule has 1 aromatic rings. The lowest BCUT2D eigenvalue weighted by atomic mass is 10.2. The number of rotatable bonds is 3. The molecule has 0 saturated heterocycles. The van der Waals surface area contributed by atoms with Crippen LogP contribution in [-0.4, -0.2) is 54.2 Å². The largest absolute Gasteiger partial charge is 0.478 e. The molecule has 21 heavy (non-hydrogen) atoms. The number of urea groups is 1. The predicted octanol–water partition coefficient (Wildman–Crippen LogP) is -0.124. The lowest BCUT2D eigenvalue weighted by Crippen LogP contribution is -2.52. The monoisotopic (exact) mass is 293 g/mol. The standard InChI is InChI=1S/C13H15N3O5/c1-15(7-11(14)17)13(20)16-6-10(12(18)19)21-9-5-3-2-4-8(9)16/h2-5,10H,6-7H2,1H3,(H2,14,17)(H,18,19). The Hall–Kier alpha value is -2.77. The number of carbonyl (C=O) groups is 3. The third kappa shape index (κ3) is 3.04. The number of nitrogens with zero attached hydrogens (tertiary/aromatic N) is 2. The molecule has 1 unspecified atom stereocenters. The Morgan fingerprint density at radius 3 is 2.71 bits per heavy atom. The second kappa shape index (κ2) is 5.70. The molecule has 1 aliphatic heterocycles. The van der Waals surface area contributed by atoms with Crippen LogP contribution in [0.2, 0.25) is 0 Å². The number of fused-ring (bicyclic) bond motifs is 1. The smallest absolute Gasteiger partial charge is 0.346 e. The molecule has 0 spiro atoms. The Balaban J connectivity index is 2.30. The van der Waals surface area contributed by atoms with Gasteiger partial charge in [0.25, 0.3) is 0 Å². The molecule has 1 heterocycles. The fraction of sp³-hybridized carbons (Fsp3) is 0.308. The van der Waals surface area contributed by atoms with Crippen molar-refractivity contribution in [3.05, 3.63) is 24.3 Å². The summed E-state index contributed by atoms with van der Waals surface area (Å²) >= 11 is 0. The highest BCUT2D eigenvalue weighted by molar-refractivity contribution is 5.97. The maximum Gasteiger partial charge on any atom is 0.346 e. The summed E-state index contributed by atoms with van der Waals surface area (Å²) in [5, 5.41) is 9.10. The molecule has 1 aromatic carbocycles. The van der Waals surface area contributed by atoms with Gasteiger partial charge in [0, 0.05) is 7.05 Å². The molecule has 0 radical (unpaired) electrons. The van der Waals surface area contributed by atoms with Crippen LogP contribution in [0.25, 0.3) is 0 Å². The summed E-state index contributed by atoms with van der Waals surface area (Å²) in [6.45, 7) is -0.398. The Bertz CT molecular complexity index is 589. The van der Waals surface area contributed by atoms with E-state index in [2.05, 4.69) is 0 Å². The Morgan fingerprint density at radius 1 is 1.43 bits per heavy atom. The zero-order chi connectivity index (χ0) is 15.6. The fourth-order valence-corrected chi connectivity index (χ4v) is 2.05. The molecule has 0 fully saturated rings. The number of primary amides is 1. The lowest BCUT2D eigenvalue weighted by molar-refractivity contribution is -0.144. The summed E-state index contributed by atoms with van der Waals surface area (Å²) in [5.74, 6) is -1.51. The van der Waals surface area contributed by atoms with Crippen LogP contribution in [0, 0.1) is 0 Å². The summed E-state index contributed by atoms with van der Waals surface area (Å²) in [4.78, 5) is 36.8. The number of para-hydroxylation sites is 2. The van der Waals surface area contributed by atoms with E-state index in [-0.39, 0.29) is 13.1 Å². The zero-order valence-corrected chi connectivity index (χ0v) is 11.4. The number of aliphatic carboxylic acids is 1. The lowest BCUT2D eigenvalue weighted by Gasteiger charge is -2.35. The van der Waals surface area contributed by atoms with Crippen LogP contribution in [0.1, 0.15) is 0 Å². The van der Waals surface area contributed by atoms with Crippen LogP contribution in [0.3, 0.4) is 0 Å². The van der Waals surface area contributed by atoms with Gasteiger partial charge in [-0.15, -0.1) is 0 Å². The van der Waals surface area contributed by atoms with Gasteiger partial charge in [-0.25, -0.2) is 9.59 Å². The third-order valence-electron chi connectivity index (χ3n) is 3.00. The van der Waals surface area contributed by atoms with Crippen molar-refractivity contribution >= 4 is 23.6 Å². The number of nitrogens with two attached hydrogens (primary N) is 1. The van der Waals surface area contributed by atoms with Gasteiger partial charge >= 0.3 is 12.0 Å². The van der Waals surface area contributed by atoms with Crippen molar-refractivity contribution in [3.8, 4) is 5.75 Å². The number of carbonyl (C=O) groups excluding carboxylic acids is 2. The Morgan fingerprint density at radius 2 is 2.10 bits per heavy atom. The summed E-state index contributed by atoms with van der Waals surface area (Å²) in [5.41, 5.74) is 5.52. The molecule has 8 nitrogen and oxygen atoms in total. The molecule has 1 aliphatic rings.